The van der Waals surface area contributed by atoms with Crippen LogP contribution in [0.15, 0.2) is 42.9 Å². The number of carbonyl (C=O) groups is 1. The van der Waals surface area contributed by atoms with Crippen LogP contribution >= 0.6 is 0 Å². The Bertz CT molecular complexity index is 1360. The normalized spacial score (nSPS) is 22.7. The molecular weight excluding hydrogens is 426 g/mol. The third-order valence-electron chi connectivity index (χ3n) is 7.32. The van der Waals surface area contributed by atoms with Gasteiger partial charge in [0.2, 0.25) is 0 Å². The lowest BCUT2D eigenvalue weighted by atomic mass is 9.86. The van der Waals surface area contributed by atoms with Gasteiger partial charge in [0.05, 0.1) is 5.69 Å². The number of halogens is 2. The van der Waals surface area contributed by atoms with Crippen LogP contribution in [0, 0.1) is 0 Å². The van der Waals surface area contributed by atoms with Crippen LogP contribution in [0.5, 0.6) is 0 Å². The van der Waals surface area contributed by atoms with Crippen LogP contribution in [0.4, 0.5) is 8.78 Å². The van der Waals surface area contributed by atoms with E-state index >= 15 is 0 Å². The van der Waals surface area contributed by atoms with Gasteiger partial charge >= 0.3 is 0 Å². The van der Waals surface area contributed by atoms with Crippen molar-refractivity contribution in [2.45, 2.75) is 63.6 Å². The number of carbonyl (C=O) groups excluding carboxylic acids is 1. The summed E-state index contributed by atoms with van der Waals surface area (Å²) in [4.78, 5) is 23.7. The topological polar surface area (TPSA) is 68.3 Å². The van der Waals surface area contributed by atoms with Crippen molar-refractivity contribution in [2.75, 3.05) is 0 Å². The van der Waals surface area contributed by atoms with Gasteiger partial charge in [-0.15, -0.1) is 0 Å². The average Bonchev–Trinajstić information content (AvgIpc) is 3.53. The second-order valence-electron chi connectivity index (χ2n) is 8.95. The minimum atomic E-state index is -2.69. The molecule has 0 radical (unpaired) electrons. The number of aromatic nitrogens is 5. The maximum atomic E-state index is 13.7. The molecule has 2 fully saturated rings. The van der Waals surface area contributed by atoms with Gasteiger partial charge in [-0.05, 0) is 62.9 Å². The van der Waals surface area contributed by atoms with Gasteiger partial charge < -0.3 is 9.47 Å². The molecule has 3 aromatic heterocycles. The molecule has 2 bridgehead atoms. The quantitative estimate of drug-likeness (QED) is 0.456. The summed E-state index contributed by atoms with van der Waals surface area (Å²) >= 11 is 0. The summed E-state index contributed by atoms with van der Waals surface area (Å²) in [7, 11) is 0. The van der Waals surface area contributed by atoms with Crippen molar-refractivity contribution in [1.82, 2.24) is 29.0 Å². The van der Waals surface area contributed by atoms with Gasteiger partial charge in [-0.1, -0.05) is 0 Å². The predicted octanol–water partition coefficient (Wildman–Crippen LogP) is 4.59. The molecule has 3 atom stereocenters. The van der Waals surface area contributed by atoms with E-state index in [9.17, 15) is 13.6 Å². The molecular formula is C24H24F2N6O. The molecule has 33 heavy (non-hydrogen) atoms. The van der Waals surface area contributed by atoms with Crippen molar-refractivity contribution in [3.63, 3.8) is 0 Å². The summed E-state index contributed by atoms with van der Waals surface area (Å²) in [5.74, 6) is 0.0883. The fourth-order valence-electron chi connectivity index (χ4n) is 5.80. The molecule has 1 aromatic carbocycles. The third-order valence-corrected chi connectivity index (χ3v) is 7.32. The number of alkyl halides is 2. The first-order valence-electron chi connectivity index (χ1n) is 11.5. The molecule has 2 aliphatic heterocycles. The fraction of sp³-hybridized carbons (Fsp3) is 0.417. The number of rotatable bonds is 4. The van der Waals surface area contributed by atoms with Gasteiger partial charge in [0, 0.05) is 47.2 Å². The molecule has 1 amide bonds. The number of benzene rings is 1. The monoisotopic (exact) mass is 450 g/mol. The maximum Gasteiger partial charge on any atom is 0.280 e. The average molecular weight is 450 g/mol. The van der Waals surface area contributed by atoms with E-state index in [-0.39, 0.29) is 35.4 Å². The lowest BCUT2D eigenvalue weighted by Gasteiger charge is -2.40. The largest absolute Gasteiger partial charge is 0.348 e. The highest BCUT2D eigenvalue weighted by atomic mass is 19.3. The molecule has 170 valence electrons. The molecule has 0 unspecified atom stereocenters. The van der Waals surface area contributed by atoms with E-state index in [4.69, 9.17) is 0 Å². The van der Waals surface area contributed by atoms with E-state index in [0.29, 0.717) is 11.3 Å². The van der Waals surface area contributed by atoms with E-state index in [1.165, 1.54) is 12.4 Å². The summed E-state index contributed by atoms with van der Waals surface area (Å²) in [6.45, 7) is 2.97. The van der Waals surface area contributed by atoms with E-state index in [1.807, 2.05) is 35.4 Å². The van der Waals surface area contributed by atoms with Crippen molar-refractivity contribution >= 4 is 22.6 Å². The van der Waals surface area contributed by atoms with E-state index in [2.05, 4.69) is 26.6 Å². The van der Waals surface area contributed by atoms with Crippen molar-refractivity contribution in [3.8, 4) is 0 Å². The number of fused-ring (bicyclic) bond motifs is 4. The van der Waals surface area contributed by atoms with E-state index < -0.39 is 6.43 Å². The number of amides is 1. The number of nitrogens with zero attached hydrogens (tertiary/aromatic N) is 6. The highest BCUT2D eigenvalue weighted by Gasteiger charge is 2.46. The highest BCUT2D eigenvalue weighted by molar-refractivity contribution is 5.98. The first-order valence-corrected chi connectivity index (χ1v) is 11.5. The number of aryl methyl sites for hydroxylation is 1. The van der Waals surface area contributed by atoms with E-state index in [0.717, 1.165) is 43.1 Å². The van der Waals surface area contributed by atoms with Crippen LogP contribution in [-0.2, 0) is 6.54 Å². The van der Waals surface area contributed by atoms with Crippen LogP contribution < -0.4 is 0 Å². The van der Waals surface area contributed by atoms with Crippen molar-refractivity contribution < 1.29 is 13.6 Å². The number of hydrogen-bond donors (Lipinski definition) is 0. The summed E-state index contributed by atoms with van der Waals surface area (Å²) in [6.07, 6.45) is 4.11. The molecule has 0 saturated carbocycles. The zero-order chi connectivity index (χ0) is 22.7. The highest BCUT2D eigenvalue weighted by Crippen LogP contribution is 2.45. The lowest BCUT2D eigenvalue weighted by Crippen LogP contribution is -2.47. The molecule has 0 spiro atoms. The van der Waals surface area contributed by atoms with Gasteiger partial charge in [-0.25, -0.2) is 18.3 Å². The van der Waals surface area contributed by atoms with Gasteiger partial charge in [-0.3, -0.25) is 4.79 Å². The molecule has 5 heterocycles. The molecule has 2 aliphatic rings. The predicted molar refractivity (Wildman–Crippen MR) is 118 cm³/mol. The zero-order valence-electron chi connectivity index (χ0n) is 18.2. The van der Waals surface area contributed by atoms with Gasteiger partial charge in [0.1, 0.15) is 12.0 Å². The van der Waals surface area contributed by atoms with Crippen molar-refractivity contribution in [1.29, 1.82) is 0 Å². The van der Waals surface area contributed by atoms with Crippen LogP contribution in [0.1, 0.15) is 66.7 Å². The SMILES string of the molecule is CCn1ccc2cc(C(=O)N3[C@H]4CC[C@H](c5cc(C(F)F)nc6ncnn56)[C@@H]3CC4)ccc21. The van der Waals surface area contributed by atoms with E-state index in [1.54, 1.807) is 4.52 Å². The molecule has 0 N–H and O–H groups in total. The summed E-state index contributed by atoms with van der Waals surface area (Å²) < 4.78 is 30.8. The molecule has 9 heteroatoms. The maximum absolute atomic E-state index is 13.7. The Kier molecular flexibility index (Phi) is 4.67. The second-order valence-corrected chi connectivity index (χ2v) is 8.95. The van der Waals surface area contributed by atoms with Crippen molar-refractivity contribution in [3.05, 3.63) is 59.8 Å². The standard InChI is InChI=1S/C24H24F2N6O/c1-2-30-10-9-14-11-15(3-7-19(14)30)23(33)31-16-4-6-17(20(31)8-5-16)21-12-18(22(25)26)29-24-27-13-28-32(21)24/h3,7,9-13,16-17,20,22H,2,4-6,8H2,1H3/t16-,17-,20-/m0/s1. The number of hydrogen-bond acceptors (Lipinski definition) is 4. The summed E-state index contributed by atoms with van der Waals surface area (Å²) in [5.41, 5.74) is 2.14. The Morgan fingerprint density at radius 2 is 2.00 bits per heavy atom. The van der Waals surface area contributed by atoms with Crippen LogP contribution in [0.3, 0.4) is 0 Å². The summed E-state index contributed by atoms with van der Waals surface area (Å²) in [6, 6.07) is 9.46. The molecule has 4 aromatic rings. The Hall–Kier alpha value is -3.36. The van der Waals surface area contributed by atoms with Crippen molar-refractivity contribution in [2.24, 2.45) is 0 Å². The Morgan fingerprint density at radius 1 is 1.15 bits per heavy atom. The lowest BCUT2D eigenvalue weighted by molar-refractivity contribution is 0.0554. The number of piperidine rings is 1. The molecule has 6 rings (SSSR count). The first-order chi connectivity index (χ1) is 16.0. The van der Waals surface area contributed by atoms with Gasteiger partial charge in [-0.2, -0.15) is 10.1 Å². The minimum absolute atomic E-state index is 0.0105. The molecule has 7 nitrogen and oxygen atoms in total. The van der Waals surface area contributed by atoms with Crippen LogP contribution in [0.2, 0.25) is 0 Å². The van der Waals surface area contributed by atoms with Crippen LogP contribution in [0.25, 0.3) is 16.7 Å². The molecule has 2 saturated heterocycles. The Labute approximate surface area is 189 Å². The Morgan fingerprint density at radius 3 is 2.82 bits per heavy atom. The van der Waals surface area contributed by atoms with Gasteiger partial charge in [0.15, 0.2) is 0 Å². The Balaban J connectivity index is 1.38. The molecule has 0 aliphatic carbocycles. The third kappa shape index (κ3) is 3.13. The smallest absolute Gasteiger partial charge is 0.280 e. The first kappa shape index (κ1) is 20.3. The fourth-order valence-corrected chi connectivity index (χ4v) is 5.80. The summed E-state index contributed by atoms with van der Waals surface area (Å²) in [5, 5.41) is 5.29. The minimum Gasteiger partial charge on any atom is -0.348 e. The zero-order valence-corrected chi connectivity index (χ0v) is 18.2. The van der Waals surface area contributed by atoms with Crippen LogP contribution in [-0.4, -0.2) is 47.0 Å². The van der Waals surface area contributed by atoms with Gasteiger partial charge in [0.25, 0.3) is 18.1 Å². The second kappa shape index (κ2) is 7.60.